The van der Waals surface area contributed by atoms with Crippen molar-refractivity contribution in [1.82, 2.24) is 4.90 Å². The summed E-state index contributed by atoms with van der Waals surface area (Å²) in [5.74, 6) is 0.575. The van der Waals surface area contributed by atoms with E-state index in [0.717, 1.165) is 13.0 Å². The van der Waals surface area contributed by atoms with Gasteiger partial charge in [-0.05, 0) is 43.8 Å². The Hall–Kier alpha value is -0.860. The van der Waals surface area contributed by atoms with Crippen LogP contribution in [0.5, 0.6) is 0 Å². The fraction of sp³-hybridized carbons (Fsp3) is 0.684. The molecule has 0 radical (unpaired) electrons. The quantitative estimate of drug-likeness (QED) is 0.654. The van der Waals surface area contributed by atoms with E-state index < -0.39 is 0 Å². The second kappa shape index (κ2) is 10.8. The van der Waals surface area contributed by atoms with Gasteiger partial charge in [0.25, 0.3) is 0 Å². The molecule has 1 aromatic rings. The van der Waals surface area contributed by atoms with Gasteiger partial charge in [-0.2, -0.15) is 0 Å². The number of hydrogen-bond acceptors (Lipinski definition) is 2. The maximum absolute atomic E-state index is 6.10. The smallest absolute Gasteiger partial charge is 0.0224 e. The van der Waals surface area contributed by atoms with E-state index in [-0.39, 0.29) is 0 Å². The standard InChI is InChI=1S/C19H34N2/c1-4-6-13-21(14-7-5-2)19(16-20)15-17(3)18-11-9-8-10-12-18/h8-12,17,19H,4-7,13-16,20H2,1-3H3. The lowest BCUT2D eigenvalue weighted by Gasteiger charge is -2.33. The Balaban J connectivity index is 2.63. The van der Waals surface area contributed by atoms with Gasteiger partial charge in [0, 0.05) is 12.6 Å². The zero-order valence-electron chi connectivity index (χ0n) is 14.2. The predicted molar refractivity (Wildman–Crippen MR) is 93.7 cm³/mol. The van der Waals surface area contributed by atoms with Crippen LogP contribution in [0.4, 0.5) is 0 Å². The van der Waals surface area contributed by atoms with Crippen molar-refractivity contribution in [2.24, 2.45) is 5.73 Å². The first kappa shape index (κ1) is 18.2. The summed E-state index contributed by atoms with van der Waals surface area (Å²) in [7, 11) is 0. The lowest BCUT2D eigenvalue weighted by atomic mass is 9.93. The van der Waals surface area contributed by atoms with Gasteiger partial charge in [-0.25, -0.2) is 0 Å². The van der Waals surface area contributed by atoms with Crippen LogP contribution in [0.25, 0.3) is 0 Å². The topological polar surface area (TPSA) is 29.3 Å². The first-order chi connectivity index (χ1) is 10.2. The van der Waals surface area contributed by atoms with E-state index in [2.05, 4.69) is 56.0 Å². The number of benzene rings is 1. The van der Waals surface area contributed by atoms with Crippen molar-refractivity contribution in [3.05, 3.63) is 35.9 Å². The zero-order chi connectivity index (χ0) is 15.5. The van der Waals surface area contributed by atoms with Crippen molar-refractivity contribution in [3.63, 3.8) is 0 Å². The minimum absolute atomic E-state index is 0.512. The van der Waals surface area contributed by atoms with Crippen molar-refractivity contribution in [3.8, 4) is 0 Å². The molecule has 120 valence electrons. The van der Waals surface area contributed by atoms with E-state index in [1.807, 2.05) is 0 Å². The molecular formula is C19H34N2. The van der Waals surface area contributed by atoms with Gasteiger partial charge < -0.3 is 5.73 Å². The average molecular weight is 290 g/mol. The van der Waals surface area contributed by atoms with Crippen molar-refractivity contribution in [2.75, 3.05) is 19.6 Å². The van der Waals surface area contributed by atoms with Gasteiger partial charge in [0.15, 0.2) is 0 Å². The minimum Gasteiger partial charge on any atom is -0.329 e. The third-order valence-electron chi connectivity index (χ3n) is 4.38. The van der Waals surface area contributed by atoms with Crippen molar-refractivity contribution < 1.29 is 0 Å². The minimum atomic E-state index is 0.512. The highest BCUT2D eigenvalue weighted by molar-refractivity contribution is 5.18. The van der Waals surface area contributed by atoms with Crippen molar-refractivity contribution >= 4 is 0 Å². The Morgan fingerprint density at radius 1 is 1.00 bits per heavy atom. The average Bonchev–Trinajstić information content (AvgIpc) is 2.54. The van der Waals surface area contributed by atoms with Crippen molar-refractivity contribution in [2.45, 2.75) is 64.8 Å². The molecule has 2 atom stereocenters. The lowest BCUT2D eigenvalue weighted by Crippen LogP contribution is -2.42. The van der Waals surface area contributed by atoms with Gasteiger partial charge in [-0.3, -0.25) is 4.90 Å². The largest absolute Gasteiger partial charge is 0.329 e. The number of rotatable bonds is 11. The molecular weight excluding hydrogens is 256 g/mol. The fourth-order valence-corrected chi connectivity index (χ4v) is 2.92. The highest BCUT2D eigenvalue weighted by Crippen LogP contribution is 2.22. The lowest BCUT2D eigenvalue weighted by molar-refractivity contribution is 0.179. The first-order valence-electron chi connectivity index (χ1n) is 8.71. The molecule has 0 heterocycles. The van der Waals surface area contributed by atoms with Crippen LogP contribution < -0.4 is 5.73 Å². The molecule has 0 saturated carbocycles. The Morgan fingerprint density at radius 2 is 1.57 bits per heavy atom. The molecule has 2 N–H and O–H groups in total. The normalized spacial score (nSPS) is 14.3. The Morgan fingerprint density at radius 3 is 2.05 bits per heavy atom. The van der Waals surface area contributed by atoms with E-state index in [1.54, 1.807) is 0 Å². The molecule has 21 heavy (non-hydrogen) atoms. The highest BCUT2D eigenvalue weighted by Gasteiger charge is 2.19. The molecule has 0 fully saturated rings. The second-order valence-electron chi connectivity index (χ2n) is 6.18. The van der Waals surface area contributed by atoms with Crippen LogP contribution in [-0.2, 0) is 0 Å². The third-order valence-corrected chi connectivity index (χ3v) is 4.38. The van der Waals surface area contributed by atoms with Crippen LogP contribution in [0.3, 0.4) is 0 Å². The summed E-state index contributed by atoms with van der Waals surface area (Å²) < 4.78 is 0. The molecule has 0 aliphatic heterocycles. The molecule has 0 aromatic heterocycles. The summed E-state index contributed by atoms with van der Waals surface area (Å²) in [4.78, 5) is 2.63. The van der Waals surface area contributed by atoms with Crippen LogP contribution in [-0.4, -0.2) is 30.6 Å². The summed E-state index contributed by atoms with van der Waals surface area (Å²) in [6.07, 6.45) is 6.23. The Bertz CT molecular complexity index is 342. The second-order valence-corrected chi connectivity index (χ2v) is 6.18. The molecule has 0 amide bonds. The molecule has 0 aliphatic carbocycles. The summed E-state index contributed by atoms with van der Waals surface area (Å²) in [6, 6.07) is 11.3. The molecule has 1 rings (SSSR count). The van der Waals surface area contributed by atoms with E-state index in [1.165, 1.54) is 44.3 Å². The summed E-state index contributed by atoms with van der Waals surface area (Å²) in [5.41, 5.74) is 7.53. The van der Waals surface area contributed by atoms with Crippen LogP contribution in [0.2, 0.25) is 0 Å². The molecule has 0 aliphatic rings. The summed E-state index contributed by atoms with van der Waals surface area (Å²) in [6.45, 7) is 10.0. The molecule has 2 unspecified atom stereocenters. The molecule has 2 nitrogen and oxygen atoms in total. The van der Waals surface area contributed by atoms with E-state index in [4.69, 9.17) is 5.73 Å². The molecule has 0 spiro atoms. The van der Waals surface area contributed by atoms with Gasteiger partial charge >= 0.3 is 0 Å². The number of hydrogen-bond donors (Lipinski definition) is 1. The van der Waals surface area contributed by atoms with Gasteiger partial charge in [-0.15, -0.1) is 0 Å². The molecule has 0 bridgehead atoms. The summed E-state index contributed by atoms with van der Waals surface area (Å²) in [5, 5.41) is 0. The fourth-order valence-electron chi connectivity index (χ4n) is 2.92. The monoisotopic (exact) mass is 290 g/mol. The van der Waals surface area contributed by atoms with Crippen LogP contribution in [0.15, 0.2) is 30.3 Å². The molecule has 0 saturated heterocycles. The maximum Gasteiger partial charge on any atom is 0.0224 e. The van der Waals surface area contributed by atoms with E-state index in [0.29, 0.717) is 12.0 Å². The molecule has 2 heteroatoms. The van der Waals surface area contributed by atoms with Crippen LogP contribution >= 0.6 is 0 Å². The van der Waals surface area contributed by atoms with E-state index >= 15 is 0 Å². The van der Waals surface area contributed by atoms with Gasteiger partial charge in [-0.1, -0.05) is 63.9 Å². The number of nitrogens with two attached hydrogens (primary N) is 1. The first-order valence-corrected chi connectivity index (χ1v) is 8.71. The highest BCUT2D eigenvalue weighted by atomic mass is 15.2. The number of nitrogens with zero attached hydrogens (tertiary/aromatic N) is 1. The van der Waals surface area contributed by atoms with Gasteiger partial charge in [0.2, 0.25) is 0 Å². The number of unbranched alkanes of at least 4 members (excludes halogenated alkanes) is 2. The zero-order valence-corrected chi connectivity index (χ0v) is 14.2. The molecule has 1 aromatic carbocycles. The van der Waals surface area contributed by atoms with Crippen LogP contribution in [0.1, 0.15) is 64.4 Å². The summed E-state index contributed by atoms with van der Waals surface area (Å²) >= 11 is 0. The Labute approximate surface area is 131 Å². The van der Waals surface area contributed by atoms with Crippen LogP contribution in [0, 0.1) is 0 Å². The SMILES string of the molecule is CCCCN(CCCC)C(CN)CC(C)c1ccccc1. The third kappa shape index (κ3) is 6.62. The van der Waals surface area contributed by atoms with E-state index in [9.17, 15) is 0 Å². The van der Waals surface area contributed by atoms with Gasteiger partial charge in [0.05, 0.1) is 0 Å². The maximum atomic E-state index is 6.10. The van der Waals surface area contributed by atoms with Gasteiger partial charge in [0.1, 0.15) is 0 Å². The van der Waals surface area contributed by atoms with Crippen molar-refractivity contribution in [1.29, 1.82) is 0 Å². The Kier molecular flexibility index (Phi) is 9.36. The predicted octanol–water partition coefficient (Wildman–Crippen LogP) is 4.41.